The molecule has 14 heavy (non-hydrogen) atoms. The average Bonchev–Trinajstić information content (AvgIpc) is 2.49. The first-order chi connectivity index (χ1) is 6.70. The highest BCUT2D eigenvalue weighted by Crippen LogP contribution is 2.29. The van der Waals surface area contributed by atoms with E-state index in [1.807, 2.05) is 0 Å². The predicted molar refractivity (Wildman–Crippen MR) is 51.0 cm³/mol. The normalized spacial score (nSPS) is 10.4. The molecule has 0 unspecified atom stereocenters. The second-order valence-electron chi connectivity index (χ2n) is 2.99. The van der Waals surface area contributed by atoms with Gasteiger partial charge in [-0.1, -0.05) is 17.3 Å². The van der Waals surface area contributed by atoms with Gasteiger partial charge in [0, 0.05) is 0 Å². The summed E-state index contributed by atoms with van der Waals surface area (Å²) in [5.41, 5.74) is 6.98. The van der Waals surface area contributed by atoms with E-state index in [0.717, 1.165) is 0 Å². The molecule has 2 N–H and O–H groups in total. The molecule has 1 heterocycles. The summed E-state index contributed by atoms with van der Waals surface area (Å²) in [6.07, 6.45) is 0. The van der Waals surface area contributed by atoms with Gasteiger partial charge in [0.1, 0.15) is 17.2 Å². The Bertz CT molecular complexity index is 465. The van der Waals surface area contributed by atoms with Crippen molar-refractivity contribution in [2.24, 2.45) is 0 Å². The third-order valence-electron chi connectivity index (χ3n) is 2.03. The van der Waals surface area contributed by atoms with Crippen LogP contribution < -0.4 is 5.73 Å². The molecule has 0 saturated carbocycles. The molecule has 0 aliphatic carbocycles. The van der Waals surface area contributed by atoms with Crippen LogP contribution >= 0.6 is 0 Å². The van der Waals surface area contributed by atoms with Crippen molar-refractivity contribution >= 4 is 5.69 Å². The lowest BCUT2D eigenvalue weighted by molar-refractivity contribution is 0.425. The van der Waals surface area contributed by atoms with Gasteiger partial charge in [-0.05, 0) is 19.1 Å². The van der Waals surface area contributed by atoms with Gasteiger partial charge in [-0.25, -0.2) is 4.39 Å². The molecule has 0 bridgehead atoms. The van der Waals surface area contributed by atoms with Gasteiger partial charge in [0.05, 0.1) is 5.56 Å². The van der Waals surface area contributed by atoms with Gasteiger partial charge in [-0.3, -0.25) is 0 Å². The van der Waals surface area contributed by atoms with Crippen LogP contribution in [0.3, 0.4) is 0 Å². The van der Waals surface area contributed by atoms with Crippen LogP contribution in [-0.2, 0) is 0 Å². The molecule has 72 valence electrons. The molecule has 1 aromatic heterocycles. The molecule has 0 aliphatic heterocycles. The fourth-order valence-corrected chi connectivity index (χ4v) is 1.22. The molecule has 4 heteroatoms. The number of rotatable bonds is 1. The molecule has 0 aliphatic rings. The average molecular weight is 192 g/mol. The summed E-state index contributed by atoms with van der Waals surface area (Å²) in [4.78, 5) is 0. The molecule has 0 radical (unpaired) electrons. The van der Waals surface area contributed by atoms with Crippen LogP contribution in [0.15, 0.2) is 28.8 Å². The van der Waals surface area contributed by atoms with Gasteiger partial charge in [0.15, 0.2) is 5.76 Å². The van der Waals surface area contributed by atoms with Crippen LogP contribution in [0.4, 0.5) is 10.1 Å². The first-order valence-electron chi connectivity index (χ1n) is 4.17. The molecule has 2 aromatic rings. The maximum Gasteiger partial charge on any atom is 0.192 e. The quantitative estimate of drug-likeness (QED) is 0.754. The minimum Gasteiger partial charge on any atom is -0.394 e. The van der Waals surface area contributed by atoms with Crippen LogP contribution in [0.1, 0.15) is 5.69 Å². The van der Waals surface area contributed by atoms with E-state index >= 15 is 0 Å². The Balaban J connectivity index is 2.60. The van der Waals surface area contributed by atoms with Crippen molar-refractivity contribution in [1.82, 2.24) is 5.16 Å². The van der Waals surface area contributed by atoms with E-state index in [-0.39, 0.29) is 5.82 Å². The van der Waals surface area contributed by atoms with E-state index in [9.17, 15) is 4.39 Å². The third kappa shape index (κ3) is 1.25. The lowest BCUT2D eigenvalue weighted by atomic mass is 10.1. The number of nitrogens with two attached hydrogens (primary N) is 1. The molecule has 3 nitrogen and oxygen atoms in total. The SMILES string of the molecule is Cc1noc(-c2ccccc2F)c1N. The highest BCUT2D eigenvalue weighted by atomic mass is 19.1. The Kier molecular flexibility index (Phi) is 1.96. The topological polar surface area (TPSA) is 52.0 Å². The number of aromatic nitrogens is 1. The number of aryl methyl sites for hydroxylation is 1. The number of halogens is 1. The number of hydrogen-bond donors (Lipinski definition) is 1. The monoisotopic (exact) mass is 192 g/mol. The summed E-state index contributed by atoms with van der Waals surface area (Å²) in [5.74, 6) is -0.0732. The first kappa shape index (κ1) is 8.74. The third-order valence-corrected chi connectivity index (χ3v) is 2.03. The minimum atomic E-state index is -0.365. The summed E-state index contributed by atoms with van der Waals surface area (Å²) in [7, 11) is 0. The Morgan fingerprint density at radius 2 is 2.07 bits per heavy atom. The predicted octanol–water partition coefficient (Wildman–Crippen LogP) is 2.37. The van der Waals surface area contributed by atoms with Crippen LogP contribution in [0.5, 0.6) is 0 Å². The Labute approximate surface area is 80.3 Å². The molecule has 0 atom stereocenters. The molecular formula is C10H9FN2O. The molecule has 0 saturated heterocycles. The second kappa shape index (κ2) is 3.14. The molecule has 0 spiro atoms. The molecule has 0 fully saturated rings. The van der Waals surface area contributed by atoms with E-state index < -0.39 is 0 Å². The van der Waals surface area contributed by atoms with Crippen molar-refractivity contribution in [3.8, 4) is 11.3 Å². The van der Waals surface area contributed by atoms with E-state index in [4.69, 9.17) is 10.3 Å². The smallest absolute Gasteiger partial charge is 0.192 e. The van der Waals surface area contributed by atoms with E-state index in [1.54, 1.807) is 25.1 Å². The number of benzene rings is 1. The lowest BCUT2D eigenvalue weighted by Gasteiger charge is -1.98. The zero-order valence-corrected chi connectivity index (χ0v) is 7.62. The van der Waals surface area contributed by atoms with E-state index in [1.165, 1.54) is 6.07 Å². The minimum absolute atomic E-state index is 0.292. The van der Waals surface area contributed by atoms with E-state index in [0.29, 0.717) is 22.7 Å². The van der Waals surface area contributed by atoms with Crippen molar-refractivity contribution in [2.45, 2.75) is 6.92 Å². The highest BCUT2D eigenvalue weighted by Gasteiger charge is 2.14. The Morgan fingerprint density at radius 3 is 2.64 bits per heavy atom. The number of hydrogen-bond acceptors (Lipinski definition) is 3. The summed E-state index contributed by atoms with van der Waals surface area (Å²) in [6.45, 7) is 1.71. The van der Waals surface area contributed by atoms with Crippen molar-refractivity contribution in [3.63, 3.8) is 0 Å². The maximum absolute atomic E-state index is 13.3. The number of anilines is 1. The number of nitrogen functional groups attached to an aromatic ring is 1. The summed E-state index contributed by atoms with van der Waals surface area (Å²) in [5, 5.41) is 3.67. The first-order valence-corrected chi connectivity index (χ1v) is 4.17. The van der Waals surface area contributed by atoms with Gasteiger partial charge < -0.3 is 10.3 Å². The van der Waals surface area contributed by atoms with Crippen molar-refractivity contribution in [2.75, 3.05) is 5.73 Å². The van der Waals surface area contributed by atoms with Gasteiger partial charge in [0.2, 0.25) is 0 Å². The zero-order valence-electron chi connectivity index (χ0n) is 7.62. The maximum atomic E-state index is 13.3. The molecule has 0 amide bonds. The van der Waals surface area contributed by atoms with Gasteiger partial charge >= 0.3 is 0 Å². The summed E-state index contributed by atoms with van der Waals surface area (Å²) < 4.78 is 18.3. The Morgan fingerprint density at radius 1 is 1.36 bits per heavy atom. The fraction of sp³-hybridized carbons (Fsp3) is 0.100. The largest absolute Gasteiger partial charge is 0.394 e. The van der Waals surface area contributed by atoms with E-state index in [2.05, 4.69) is 5.16 Å². The van der Waals surface area contributed by atoms with Crippen molar-refractivity contribution in [3.05, 3.63) is 35.8 Å². The molecule has 1 aromatic carbocycles. The second-order valence-corrected chi connectivity index (χ2v) is 2.99. The van der Waals surface area contributed by atoms with Crippen LogP contribution in [0.25, 0.3) is 11.3 Å². The number of nitrogens with zero attached hydrogens (tertiary/aromatic N) is 1. The van der Waals surface area contributed by atoms with Gasteiger partial charge in [-0.15, -0.1) is 0 Å². The fourth-order valence-electron chi connectivity index (χ4n) is 1.22. The molecule has 2 rings (SSSR count). The lowest BCUT2D eigenvalue weighted by Crippen LogP contribution is -1.89. The van der Waals surface area contributed by atoms with Gasteiger partial charge in [-0.2, -0.15) is 0 Å². The Hall–Kier alpha value is -1.84. The van der Waals surface area contributed by atoms with Gasteiger partial charge in [0.25, 0.3) is 0 Å². The highest BCUT2D eigenvalue weighted by molar-refractivity contribution is 5.72. The van der Waals surface area contributed by atoms with Crippen molar-refractivity contribution < 1.29 is 8.91 Å². The zero-order chi connectivity index (χ0) is 10.1. The van der Waals surface area contributed by atoms with Crippen LogP contribution in [0.2, 0.25) is 0 Å². The standard InChI is InChI=1S/C10H9FN2O/c1-6-9(12)10(14-13-6)7-4-2-3-5-8(7)11/h2-5H,12H2,1H3. The van der Waals surface area contributed by atoms with Crippen LogP contribution in [0, 0.1) is 12.7 Å². The molecular weight excluding hydrogens is 183 g/mol. The summed E-state index contributed by atoms with van der Waals surface area (Å²) >= 11 is 0. The summed E-state index contributed by atoms with van der Waals surface area (Å²) in [6, 6.07) is 6.28. The van der Waals surface area contributed by atoms with Crippen molar-refractivity contribution in [1.29, 1.82) is 0 Å². The van der Waals surface area contributed by atoms with Crippen LogP contribution in [-0.4, -0.2) is 5.16 Å².